The summed E-state index contributed by atoms with van der Waals surface area (Å²) in [4.78, 5) is 17.1. The number of amides is 1. The minimum atomic E-state index is -0.435. The number of anilines is 1. The van der Waals surface area contributed by atoms with E-state index in [1.54, 1.807) is 28.7 Å². The van der Waals surface area contributed by atoms with Crippen molar-refractivity contribution in [2.24, 2.45) is 0 Å². The van der Waals surface area contributed by atoms with Crippen molar-refractivity contribution in [2.45, 2.75) is 6.92 Å². The first-order chi connectivity index (χ1) is 13.0. The molecule has 134 valence electrons. The van der Waals surface area contributed by atoms with Crippen molar-refractivity contribution in [3.8, 4) is 11.3 Å². The van der Waals surface area contributed by atoms with Crippen LogP contribution in [0.5, 0.6) is 0 Å². The van der Waals surface area contributed by atoms with E-state index in [1.165, 1.54) is 30.3 Å². The van der Waals surface area contributed by atoms with Gasteiger partial charge < -0.3 is 5.32 Å². The van der Waals surface area contributed by atoms with Gasteiger partial charge in [-0.15, -0.1) is 0 Å². The average molecular weight is 363 g/mol. The highest BCUT2D eigenvalue weighted by molar-refractivity contribution is 6.05. The van der Waals surface area contributed by atoms with E-state index in [9.17, 15) is 13.6 Å². The standard InChI is InChI=1S/C21H15F2N3O/c1-13-6-11-18-24-19(16-4-2-3-5-17(16)23)20(26(18)12-13)25-21(27)14-7-9-15(22)10-8-14/h2-12H,1H3,(H,25,27). The van der Waals surface area contributed by atoms with Gasteiger partial charge in [-0.3, -0.25) is 9.20 Å². The second-order valence-electron chi connectivity index (χ2n) is 6.18. The zero-order valence-corrected chi connectivity index (χ0v) is 14.4. The van der Waals surface area contributed by atoms with Gasteiger partial charge in [0.15, 0.2) is 0 Å². The molecule has 1 amide bonds. The second-order valence-corrected chi connectivity index (χ2v) is 6.18. The largest absolute Gasteiger partial charge is 0.306 e. The topological polar surface area (TPSA) is 46.4 Å². The summed E-state index contributed by atoms with van der Waals surface area (Å²) in [5.41, 5.74) is 2.44. The second kappa shape index (κ2) is 6.64. The summed E-state index contributed by atoms with van der Waals surface area (Å²) < 4.78 is 29.2. The minimum absolute atomic E-state index is 0.285. The summed E-state index contributed by atoms with van der Waals surface area (Å²) in [5.74, 6) is -0.942. The number of nitrogens with one attached hydrogen (secondary N) is 1. The predicted octanol–water partition coefficient (Wildman–Crippen LogP) is 4.84. The number of imidazole rings is 1. The monoisotopic (exact) mass is 363 g/mol. The summed E-state index contributed by atoms with van der Waals surface area (Å²) >= 11 is 0. The third-order valence-corrected chi connectivity index (χ3v) is 4.23. The van der Waals surface area contributed by atoms with Gasteiger partial charge in [0.2, 0.25) is 0 Å². The molecular formula is C21H15F2N3O. The van der Waals surface area contributed by atoms with Crippen LogP contribution in [0.3, 0.4) is 0 Å². The molecule has 27 heavy (non-hydrogen) atoms. The molecule has 4 rings (SSSR count). The molecule has 6 heteroatoms. The molecule has 4 nitrogen and oxygen atoms in total. The molecule has 2 aromatic heterocycles. The molecule has 0 saturated carbocycles. The first kappa shape index (κ1) is 16.9. The summed E-state index contributed by atoms with van der Waals surface area (Å²) in [5, 5.41) is 2.79. The summed E-state index contributed by atoms with van der Waals surface area (Å²) in [6.07, 6.45) is 1.81. The number of rotatable bonds is 3. The van der Waals surface area contributed by atoms with E-state index in [2.05, 4.69) is 10.3 Å². The Kier molecular flexibility index (Phi) is 4.16. The van der Waals surface area contributed by atoms with E-state index >= 15 is 0 Å². The molecule has 1 N–H and O–H groups in total. The number of aryl methyl sites for hydroxylation is 1. The lowest BCUT2D eigenvalue weighted by molar-refractivity contribution is 0.102. The summed E-state index contributed by atoms with van der Waals surface area (Å²) in [6, 6.07) is 15.1. The van der Waals surface area contributed by atoms with Gasteiger partial charge in [0.25, 0.3) is 5.91 Å². The Morgan fingerprint density at radius 1 is 1.00 bits per heavy atom. The molecule has 0 fully saturated rings. The van der Waals surface area contributed by atoms with Crippen LogP contribution in [-0.2, 0) is 0 Å². The van der Waals surface area contributed by atoms with Crippen LogP contribution in [0.15, 0.2) is 66.9 Å². The maximum atomic E-state index is 14.4. The minimum Gasteiger partial charge on any atom is -0.306 e. The lowest BCUT2D eigenvalue weighted by atomic mass is 10.1. The van der Waals surface area contributed by atoms with E-state index in [0.717, 1.165) is 5.56 Å². The van der Waals surface area contributed by atoms with E-state index in [4.69, 9.17) is 0 Å². The van der Waals surface area contributed by atoms with Crippen LogP contribution in [0.1, 0.15) is 15.9 Å². The number of benzene rings is 2. The fourth-order valence-corrected chi connectivity index (χ4v) is 2.89. The van der Waals surface area contributed by atoms with Crippen molar-refractivity contribution < 1.29 is 13.6 Å². The fourth-order valence-electron chi connectivity index (χ4n) is 2.89. The van der Waals surface area contributed by atoms with Crippen molar-refractivity contribution in [1.29, 1.82) is 0 Å². The number of carbonyl (C=O) groups is 1. The highest BCUT2D eigenvalue weighted by atomic mass is 19.1. The Morgan fingerprint density at radius 3 is 2.48 bits per heavy atom. The maximum Gasteiger partial charge on any atom is 0.256 e. The van der Waals surface area contributed by atoms with Gasteiger partial charge in [0.1, 0.15) is 28.8 Å². The zero-order valence-electron chi connectivity index (χ0n) is 14.4. The number of aromatic nitrogens is 2. The molecule has 0 saturated heterocycles. The highest BCUT2D eigenvalue weighted by Crippen LogP contribution is 2.31. The molecule has 2 aromatic carbocycles. The van der Waals surface area contributed by atoms with Crippen LogP contribution in [-0.4, -0.2) is 15.3 Å². The van der Waals surface area contributed by atoms with Gasteiger partial charge >= 0.3 is 0 Å². The molecular weight excluding hydrogens is 348 g/mol. The van der Waals surface area contributed by atoms with E-state index in [0.29, 0.717) is 22.7 Å². The van der Waals surface area contributed by atoms with Crippen molar-refractivity contribution in [3.63, 3.8) is 0 Å². The normalized spacial score (nSPS) is 10.9. The van der Waals surface area contributed by atoms with Gasteiger partial charge in [-0.2, -0.15) is 0 Å². The van der Waals surface area contributed by atoms with Crippen molar-refractivity contribution in [2.75, 3.05) is 5.32 Å². The van der Waals surface area contributed by atoms with E-state index in [1.807, 2.05) is 19.2 Å². The number of hydrogen-bond donors (Lipinski definition) is 1. The van der Waals surface area contributed by atoms with Crippen molar-refractivity contribution in [1.82, 2.24) is 9.38 Å². The molecule has 0 atom stereocenters. The Hall–Kier alpha value is -3.54. The lowest BCUT2D eigenvalue weighted by Gasteiger charge is -2.09. The van der Waals surface area contributed by atoms with E-state index < -0.39 is 17.5 Å². The number of pyridine rings is 1. The predicted molar refractivity (Wildman–Crippen MR) is 99.7 cm³/mol. The molecule has 0 aliphatic heterocycles. The maximum absolute atomic E-state index is 14.4. The van der Waals surface area contributed by atoms with Crippen LogP contribution in [0.2, 0.25) is 0 Å². The van der Waals surface area contributed by atoms with Gasteiger partial charge in [-0.25, -0.2) is 13.8 Å². The van der Waals surface area contributed by atoms with Crippen molar-refractivity contribution in [3.05, 3.63) is 89.6 Å². The van der Waals surface area contributed by atoms with Gasteiger partial charge in [0.05, 0.1) is 0 Å². The fraction of sp³-hybridized carbons (Fsp3) is 0.0476. The van der Waals surface area contributed by atoms with Crippen LogP contribution < -0.4 is 5.32 Å². The van der Waals surface area contributed by atoms with Crippen LogP contribution in [0, 0.1) is 18.6 Å². The number of nitrogens with zero attached hydrogens (tertiary/aromatic N) is 2. The molecule has 0 bridgehead atoms. The molecule has 0 aliphatic carbocycles. The molecule has 0 unspecified atom stereocenters. The smallest absolute Gasteiger partial charge is 0.256 e. The number of hydrogen-bond acceptors (Lipinski definition) is 2. The van der Waals surface area contributed by atoms with Gasteiger partial charge in [0, 0.05) is 17.3 Å². The third-order valence-electron chi connectivity index (χ3n) is 4.23. The molecule has 0 radical (unpaired) electrons. The van der Waals surface area contributed by atoms with Crippen LogP contribution in [0.25, 0.3) is 16.9 Å². The Morgan fingerprint density at radius 2 is 1.74 bits per heavy atom. The molecule has 0 aliphatic rings. The number of carbonyl (C=O) groups excluding carboxylic acids is 1. The number of halogens is 2. The lowest BCUT2D eigenvalue weighted by Crippen LogP contribution is -2.14. The first-order valence-corrected chi connectivity index (χ1v) is 8.33. The molecule has 0 spiro atoms. The van der Waals surface area contributed by atoms with Gasteiger partial charge in [-0.05, 0) is 55.0 Å². The summed E-state index contributed by atoms with van der Waals surface area (Å²) in [7, 11) is 0. The quantitative estimate of drug-likeness (QED) is 0.566. The van der Waals surface area contributed by atoms with Crippen molar-refractivity contribution >= 4 is 17.4 Å². The summed E-state index contributed by atoms with van der Waals surface area (Å²) in [6.45, 7) is 1.91. The zero-order chi connectivity index (χ0) is 19.0. The third kappa shape index (κ3) is 3.17. The van der Waals surface area contributed by atoms with Crippen LogP contribution >= 0.6 is 0 Å². The first-order valence-electron chi connectivity index (χ1n) is 8.33. The molecule has 2 heterocycles. The molecule has 4 aromatic rings. The Balaban J connectivity index is 1.86. The van der Waals surface area contributed by atoms with Crippen LogP contribution in [0.4, 0.5) is 14.6 Å². The number of fused-ring (bicyclic) bond motifs is 1. The van der Waals surface area contributed by atoms with E-state index in [-0.39, 0.29) is 5.56 Å². The SMILES string of the molecule is Cc1ccc2nc(-c3ccccc3F)c(NC(=O)c3ccc(F)cc3)n2c1. The Bertz CT molecular complexity index is 1150. The Labute approximate surface area is 154 Å². The average Bonchev–Trinajstić information content (AvgIpc) is 3.00. The van der Waals surface area contributed by atoms with Gasteiger partial charge in [-0.1, -0.05) is 18.2 Å². The highest BCUT2D eigenvalue weighted by Gasteiger charge is 2.19.